The molecule has 0 spiro atoms. The van der Waals surface area contributed by atoms with E-state index in [1.165, 1.54) is 43.5 Å². The molecule has 2 heterocycles. The van der Waals surface area contributed by atoms with Crippen LogP contribution in [0.5, 0.6) is 23.0 Å². The first kappa shape index (κ1) is 29.6. The highest BCUT2D eigenvalue weighted by atomic mass is 17.2. The molecule has 0 aliphatic carbocycles. The number of rotatable bonds is 9. The van der Waals surface area contributed by atoms with Crippen LogP contribution in [0.1, 0.15) is 11.1 Å². The van der Waals surface area contributed by atoms with Gasteiger partial charge >= 0.3 is 11.6 Å². The summed E-state index contributed by atoms with van der Waals surface area (Å²) in [6.07, 6.45) is -5.60. The van der Waals surface area contributed by atoms with E-state index in [1.54, 1.807) is 19.1 Å². The van der Waals surface area contributed by atoms with Gasteiger partial charge in [0.05, 0.1) is 25.3 Å². The number of phenols is 2. The van der Waals surface area contributed by atoms with Gasteiger partial charge in [-0.1, -0.05) is 12.1 Å². The van der Waals surface area contributed by atoms with Crippen molar-refractivity contribution in [3.8, 4) is 34.3 Å². The summed E-state index contributed by atoms with van der Waals surface area (Å²) in [5, 5.41) is 50.4. The third-order valence-corrected chi connectivity index (χ3v) is 6.12. The molecule has 0 bridgehead atoms. The Morgan fingerprint density at radius 1 is 1.02 bits per heavy atom. The van der Waals surface area contributed by atoms with Crippen LogP contribution < -0.4 is 15.1 Å². The lowest BCUT2D eigenvalue weighted by Gasteiger charge is -2.40. The summed E-state index contributed by atoms with van der Waals surface area (Å²) in [4.78, 5) is 34.3. The summed E-state index contributed by atoms with van der Waals surface area (Å²) in [6.45, 7) is 0.894. The number of carbonyl (C=O) groups excluding carboxylic acids is 1. The van der Waals surface area contributed by atoms with Crippen molar-refractivity contribution in [3.05, 3.63) is 76.2 Å². The van der Waals surface area contributed by atoms with Gasteiger partial charge in [0, 0.05) is 18.2 Å². The van der Waals surface area contributed by atoms with Crippen molar-refractivity contribution < 1.29 is 58.7 Å². The number of aliphatic hydroxyl groups is 3. The predicted octanol–water partition coefficient (Wildman–Crippen LogP) is 1.41. The first-order valence-corrected chi connectivity index (χ1v) is 12.3. The molecule has 3 aromatic rings. The summed E-state index contributed by atoms with van der Waals surface area (Å²) in [7, 11) is 1.36. The molecule has 218 valence electrons. The van der Waals surface area contributed by atoms with Gasteiger partial charge in [-0.25, -0.2) is 9.59 Å². The third kappa shape index (κ3) is 7.03. The van der Waals surface area contributed by atoms with Crippen LogP contribution in [0, 0.1) is 6.92 Å². The van der Waals surface area contributed by atoms with Gasteiger partial charge in [0.2, 0.25) is 6.29 Å². The molecule has 2 aromatic carbocycles. The smallest absolute Gasteiger partial charge is 0.365 e. The standard InChI is InChI=1S/C28H28O13/c1-14-9-17(31)10-19(24(14)20-11-18(36-2)12-23(33)37-20)38-28-27(26(35)25(34)21(13-29)39-28)41-40-22(32)8-5-15-3-6-16(30)7-4-15/h3-12,21,25-31,34-35H,13H2,1-2H3/b8-5+/t21-,25-,26+,27-,28-/m1/s1. The van der Waals surface area contributed by atoms with E-state index in [1.807, 2.05) is 0 Å². The molecular formula is C28H28O13. The van der Waals surface area contributed by atoms with Gasteiger partial charge < -0.3 is 44.2 Å². The van der Waals surface area contributed by atoms with Crippen molar-refractivity contribution in [1.29, 1.82) is 0 Å². The number of aliphatic hydroxyl groups excluding tert-OH is 3. The molecule has 1 aromatic heterocycles. The second kappa shape index (κ2) is 12.8. The molecule has 1 aliphatic rings. The van der Waals surface area contributed by atoms with Crippen LogP contribution in [0.4, 0.5) is 0 Å². The SMILES string of the molecule is COc1cc(-c2c(C)cc(O)cc2O[C@@H]2O[C@H](CO)[C@@H](O)[C@H](O)[C@H]2OOC(=O)/C=C/c2ccc(O)cc2)oc(=O)c1. The van der Waals surface area contributed by atoms with Crippen molar-refractivity contribution in [2.75, 3.05) is 13.7 Å². The quantitative estimate of drug-likeness (QED) is 0.140. The third-order valence-electron chi connectivity index (χ3n) is 6.12. The molecule has 1 fully saturated rings. The van der Waals surface area contributed by atoms with Crippen molar-refractivity contribution in [3.63, 3.8) is 0 Å². The molecule has 0 saturated carbocycles. The lowest BCUT2D eigenvalue weighted by Crippen LogP contribution is -2.61. The Kier molecular flexibility index (Phi) is 9.27. The number of ether oxygens (including phenoxy) is 3. The lowest BCUT2D eigenvalue weighted by molar-refractivity contribution is -0.376. The fourth-order valence-electron chi connectivity index (χ4n) is 4.10. The normalized spacial score (nSPS) is 22.4. The number of phenolic OH excluding ortho intramolecular Hbond substituents is 2. The zero-order valence-corrected chi connectivity index (χ0v) is 21.9. The summed E-state index contributed by atoms with van der Waals surface area (Å²) in [5.41, 5.74) is 0.462. The van der Waals surface area contributed by atoms with Gasteiger partial charge in [-0.05, 0) is 42.3 Å². The van der Waals surface area contributed by atoms with Gasteiger partial charge in [0.15, 0.2) is 6.10 Å². The maximum absolute atomic E-state index is 12.3. The van der Waals surface area contributed by atoms with Gasteiger partial charge in [-0.2, -0.15) is 4.89 Å². The first-order valence-electron chi connectivity index (χ1n) is 12.3. The Bertz CT molecular complexity index is 1450. The Hall–Kier alpha value is -4.40. The van der Waals surface area contributed by atoms with Crippen LogP contribution in [-0.2, 0) is 19.3 Å². The van der Waals surface area contributed by atoms with Gasteiger partial charge in [0.1, 0.15) is 47.1 Å². The summed E-state index contributed by atoms with van der Waals surface area (Å²) < 4.78 is 22.0. The lowest BCUT2D eigenvalue weighted by atomic mass is 9.99. The van der Waals surface area contributed by atoms with Gasteiger partial charge in [-0.3, -0.25) is 4.89 Å². The molecule has 5 atom stereocenters. The zero-order valence-electron chi connectivity index (χ0n) is 21.9. The largest absolute Gasteiger partial charge is 0.508 e. The van der Waals surface area contributed by atoms with E-state index in [4.69, 9.17) is 28.4 Å². The van der Waals surface area contributed by atoms with Crippen molar-refractivity contribution in [2.45, 2.75) is 37.6 Å². The highest BCUT2D eigenvalue weighted by Crippen LogP contribution is 2.39. The number of aromatic hydroxyl groups is 2. The Morgan fingerprint density at radius 2 is 1.76 bits per heavy atom. The molecular weight excluding hydrogens is 544 g/mol. The Morgan fingerprint density at radius 3 is 2.44 bits per heavy atom. The monoisotopic (exact) mass is 572 g/mol. The van der Waals surface area contributed by atoms with Crippen LogP contribution in [0.25, 0.3) is 17.4 Å². The fraction of sp³-hybridized carbons (Fsp3) is 0.286. The van der Waals surface area contributed by atoms with Crippen molar-refractivity contribution in [2.24, 2.45) is 0 Å². The molecule has 5 N–H and O–H groups in total. The van der Waals surface area contributed by atoms with Crippen LogP contribution in [0.2, 0.25) is 0 Å². The first-order chi connectivity index (χ1) is 19.6. The summed E-state index contributed by atoms with van der Waals surface area (Å²) in [5.74, 6) is -1.07. The molecule has 13 nitrogen and oxygen atoms in total. The highest BCUT2D eigenvalue weighted by molar-refractivity contribution is 5.86. The fourth-order valence-corrected chi connectivity index (χ4v) is 4.10. The number of benzene rings is 2. The molecule has 4 rings (SSSR count). The second-order valence-corrected chi connectivity index (χ2v) is 9.03. The maximum atomic E-state index is 12.3. The van der Waals surface area contributed by atoms with E-state index < -0.39 is 48.9 Å². The number of aryl methyl sites for hydroxylation is 1. The average molecular weight is 573 g/mol. The van der Waals surface area contributed by atoms with E-state index >= 15 is 0 Å². The molecule has 1 aliphatic heterocycles. The van der Waals surface area contributed by atoms with E-state index in [2.05, 4.69) is 0 Å². The number of methoxy groups -OCH3 is 1. The summed E-state index contributed by atoms with van der Waals surface area (Å²) >= 11 is 0. The highest BCUT2D eigenvalue weighted by Gasteiger charge is 2.48. The molecule has 13 heteroatoms. The maximum Gasteiger partial charge on any atom is 0.365 e. The molecule has 0 amide bonds. The van der Waals surface area contributed by atoms with E-state index in [9.17, 15) is 35.1 Å². The van der Waals surface area contributed by atoms with Gasteiger partial charge in [-0.15, -0.1) is 0 Å². The molecule has 1 saturated heterocycles. The van der Waals surface area contributed by atoms with Crippen molar-refractivity contribution >= 4 is 12.0 Å². The minimum Gasteiger partial charge on any atom is -0.508 e. The Labute approximate surface area is 232 Å². The minimum atomic E-state index is -1.77. The predicted molar refractivity (Wildman–Crippen MR) is 140 cm³/mol. The Balaban J connectivity index is 1.61. The van der Waals surface area contributed by atoms with E-state index in [0.717, 1.165) is 12.1 Å². The minimum absolute atomic E-state index is 0.0141. The average Bonchev–Trinajstić information content (AvgIpc) is 2.93. The van der Waals surface area contributed by atoms with E-state index in [-0.39, 0.29) is 34.3 Å². The number of hydrogen-bond acceptors (Lipinski definition) is 13. The molecule has 41 heavy (non-hydrogen) atoms. The van der Waals surface area contributed by atoms with Crippen LogP contribution in [-0.4, -0.2) is 75.9 Å². The number of hydrogen-bond donors (Lipinski definition) is 5. The topological polar surface area (TPSA) is 195 Å². The second-order valence-electron chi connectivity index (χ2n) is 9.03. The molecule has 0 unspecified atom stereocenters. The summed E-state index contributed by atoms with van der Waals surface area (Å²) in [6, 6.07) is 11.1. The van der Waals surface area contributed by atoms with Crippen LogP contribution >= 0.6 is 0 Å². The van der Waals surface area contributed by atoms with Gasteiger partial charge in [0.25, 0.3) is 0 Å². The zero-order chi connectivity index (χ0) is 29.7. The van der Waals surface area contributed by atoms with Crippen LogP contribution in [0.3, 0.4) is 0 Å². The van der Waals surface area contributed by atoms with Crippen LogP contribution in [0.15, 0.2) is 63.8 Å². The van der Waals surface area contributed by atoms with Crippen molar-refractivity contribution in [1.82, 2.24) is 0 Å². The number of carbonyl (C=O) groups is 1. The molecule has 0 radical (unpaired) electrons. The van der Waals surface area contributed by atoms with E-state index in [0.29, 0.717) is 11.1 Å².